The first-order valence-electron chi connectivity index (χ1n) is 7.68. The number of aryl methyl sites for hydroxylation is 1. The Hall–Kier alpha value is -2.74. The van der Waals surface area contributed by atoms with Crippen LogP contribution in [0.1, 0.15) is 18.1 Å². The zero-order valence-electron chi connectivity index (χ0n) is 13.6. The number of hydrogen-bond donors (Lipinski definition) is 1. The van der Waals surface area contributed by atoms with Gasteiger partial charge in [0.15, 0.2) is 0 Å². The molecule has 0 aliphatic heterocycles. The van der Waals surface area contributed by atoms with E-state index < -0.39 is 0 Å². The van der Waals surface area contributed by atoms with Crippen molar-refractivity contribution in [3.8, 4) is 11.5 Å². The highest BCUT2D eigenvalue weighted by Gasteiger charge is 2.04. The second kappa shape index (κ2) is 8.04. The summed E-state index contributed by atoms with van der Waals surface area (Å²) < 4.78 is 5.56. The molecule has 1 N–H and O–H groups in total. The van der Waals surface area contributed by atoms with Crippen molar-refractivity contribution in [2.45, 2.75) is 13.8 Å². The van der Waals surface area contributed by atoms with Gasteiger partial charge in [-0.15, -0.1) is 0 Å². The molecule has 0 atom stereocenters. The highest BCUT2D eigenvalue weighted by molar-refractivity contribution is 5.92. The third-order valence-corrected chi connectivity index (χ3v) is 3.44. The quantitative estimate of drug-likeness (QED) is 0.684. The van der Waals surface area contributed by atoms with Crippen molar-refractivity contribution in [1.82, 2.24) is 0 Å². The Morgan fingerprint density at radius 3 is 2.43 bits per heavy atom. The van der Waals surface area contributed by atoms with Gasteiger partial charge in [0.2, 0.25) is 0 Å². The number of ether oxygens (including phenoxy) is 1. The number of aromatic hydroxyl groups is 1. The smallest absolute Gasteiger partial charge is 0.127 e. The Labute approximate surface area is 137 Å². The molecule has 0 aliphatic rings. The van der Waals surface area contributed by atoms with E-state index in [0.717, 1.165) is 16.9 Å². The molecular formula is C21H22O2. The zero-order valence-corrected chi connectivity index (χ0v) is 13.6. The van der Waals surface area contributed by atoms with Gasteiger partial charge in [-0.3, -0.25) is 0 Å². The lowest BCUT2D eigenvalue weighted by molar-refractivity contribution is 0.340. The standard InChI is InChI=1S/C14H14O.C7H8O/c1-3-12-13-8-6-5-7-11(13)9-10-14(12)15-4-2;1-6-3-2-4-7(8)5-6/h3,5-10H,1,4H2,2H3;2-5,8H,1H3. The van der Waals surface area contributed by atoms with Crippen molar-refractivity contribution >= 4 is 16.8 Å². The van der Waals surface area contributed by atoms with Gasteiger partial charge in [0.25, 0.3) is 0 Å². The molecule has 118 valence electrons. The van der Waals surface area contributed by atoms with Crippen LogP contribution in [0.5, 0.6) is 11.5 Å². The summed E-state index contributed by atoms with van der Waals surface area (Å²) in [6.07, 6.45) is 1.85. The van der Waals surface area contributed by atoms with Crippen LogP contribution in [0.3, 0.4) is 0 Å². The fourth-order valence-corrected chi connectivity index (χ4v) is 2.40. The topological polar surface area (TPSA) is 29.5 Å². The van der Waals surface area contributed by atoms with Crippen molar-refractivity contribution in [2.75, 3.05) is 6.61 Å². The molecule has 3 rings (SSSR count). The summed E-state index contributed by atoms with van der Waals surface area (Å²) in [6, 6.07) is 19.5. The van der Waals surface area contributed by atoms with Crippen LogP contribution in [0.25, 0.3) is 16.8 Å². The fourth-order valence-electron chi connectivity index (χ4n) is 2.40. The van der Waals surface area contributed by atoms with Gasteiger partial charge in [-0.1, -0.05) is 55.1 Å². The van der Waals surface area contributed by atoms with Gasteiger partial charge in [-0.05, 0) is 48.4 Å². The Morgan fingerprint density at radius 1 is 1.04 bits per heavy atom. The molecule has 0 aliphatic carbocycles. The maximum atomic E-state index is 8.81. The van der Waals surface area contributed by atoms with Crippen molar-refractivity contribution in [3.63, 3.8) is 0 Å². The van der Waals surface area contributed by atoms with E-state index in [1.807, 2.05) is 50.3 Å². The predicted molar refractivity (Wildman–Crippen MR) is 98.1 cm³/mol. The minimum Gasteiger partial charge on any atom is -0.508 e. The third-order valence-electron chi connectivity index (χ3n) is 3.44. The lowest BCUT2D eigenvalue weighted by atomic mass is 10.0. The Balaban J connectivity index is 0.000000203. The first-order chi connectivity index (χ1) is 11.2. The number of phenols is 1. The van der Waals surface area contributed by atoms with Gasteiger partial charge in [-0.25, -0.2) is 0 Å². The Bertz CT molecular complexity index is 773. The average Bonchev–Trinajstić information content (AvgIpc) is 2.55. The van der Waals surface area contributed by atoms with Gasteiger partial charge in [0, 0.05) is 5.56 Å². The molecule has 0 spiro atoms. The van der Waals surface area contributed by atoms with E-state index in [4.69, 9.17) is 9.84 Å². The molecule has 0 bridgehead atoms. The number of fused-ring (bicyclic) bond motifs is 1. The SMILES string of the molecule is C=Cc1c(OCC)ccc2ccccc12.Cc1cccc(O)c1. The van der Waals surface area contributed by atoms with E-state index in [9.17, 15) is 0 Å². The van der Waals surface area contributed by atoms with Gasteiger partial charge in [0.1, 0.15) is 11.5 Å². The number of hydrogen-bond acceptors (Lipinski definition) is 2. The molecule has 0 radical (unpaired) electrons. The summed E-state index contributed by atoms with van der Waals surface area (Å²) in [6.45, 7) is 8.46. The van der Waals surface area contributed by atoms with Gasteiger partial charge in [0.05, 0.1) is 6.61 Å². The number of phenolic OH excluding ortho intramolecular Hbond substituents is 1. The average molecular weight is 306 g/mol. The van der Waals surface area contributed by atoms with Crippen molar-refractivity contribution in [3.05, 3.63) is 78.4 Å². The fraction of sp³-hybridized carbons (Fsp3) is 0.143. The van der Waals surface area contributed by atoms with E-state index in [2.05, 4.69) is 24.8 Å². The molecule has 3 aromatic carbocycles. The molecular weight excluding hydrogens is 284 g/mol. The lowest BCUT2D eigenvalue weighted by Gasteiger charge is -2.09. The van der Waals surface area contributed by atoms with E-state index in [0.29, 0.717) is 12.4 Å². The summed E-state index contributed by atoms with van der Waals surface area (Å²) in [7, 11) is 0. The van der Waals surface area contributed by atoms with Crippen LogP contribution >= 0.6 is 0 Å². The maximum Gasteiger partial charge on any atom is 0.127 e. The summed E-state index contributed by atoms with van der Waals surface area (Å²) in [5.41, 5.74) is 2.17. The third kappa shape index (κ3) is 4.36. The number of benzene rings is 3. The van der Waals surface area contributed by atoms with E-state index >= 15 is 0 Å². The molecule has 3 aromatic rings. The largest absolute Gasteiger partial charge is 0.508 e. The minimum absolute atomic E-state index is 0.338. The lowest BCUT2D eigenvalue weighted by Crippen LogP contribution is -1.94. The predicted octanol–water partition coefficient (Wildman–Crippen LogP) is 5.58. The summed E-state index contributed by atoms with van der Waals surface area (Å²) in [5.74, 6) is 1.25. The van der Waals surface area contributed by atoms with Crippen LogP contribution < -0.4 is 4.74 Å². The van der Waals surface area contributed by atoms with Gasteiger partial charge >= 0.3 is 0 Å². The second-order valence-electron chi connectivity index (χ2n) is 5.17. The van der Waals surface area contributed by atoms with Crippen LogP contribution in [0, 0.1) is 6.92 Å². The van der Waals surface area contributed by atoms with Crippen molar-refractivity contribution in [2.24, 2.45) is 0 Å². The zero-order chi connectivity index (χ0) is 16.7. The summed E-state index contributed by atoms with van der Waals surface area (Å²) in [5, 5.41) is 11.2. The van der Waals surface area contributed by atoms with Crippen LogP contribution in [0.4, 0.5) is 0 Å². The highest BCUT2D eigenvalue weighted by atomic mass is 16.5. The van der Waals surface area contributed by atoms with Crippen LogP contribution in [-0.2, 0) is 0 Å². The molecule has 0 saturated carbocycles. The number of rotatable bonds is 3. The Morgan fingerprint density at radius 2 is 1.83 bits per heavy atom. The molecule has 23 heavy (non-hydrogen) atoms. The van der Waals surface area contributed by atoms with Crippen molar-refractivity contribution in [1.29, 1.82) is 0 Å². The van der Waals surface area contributed by atoms with Crippen molar-refractivity contribution < 1.29 is 9.84 Å². The van der Waals surface area contributed by atoms with Gasteiger partial charge < -0.3 is 9.84 Å². The maximum absolute atomic E-state index is 8.81. The second-order valence-corrected chi connectivity index (χ2v) is 5.17. The molecule has 0 fully saturated rings. The first-order valence-corrected chi connectivity index (χ1v) is 7.68. The van der Waals surface area contributed by atoms with Gasteiger partial charge in [-0.2, -0.15) is 0 Å². The monoisotopic (exact) mass is 306 g/mol. The molecule has 2 nitrogen and oxygen atoms in total. The van der Waals surface area contributed by atoms with Crippen LogP contribution in [0.15, 0.2) is 67.2 Å². The van der Waals surface area contributed by atoms with Crippen LogP contribution in [0.2, 0.25) is 0 Å². The molecule has 0 aromatic heterocycles. The summed E-state index contributed by atoms with van der Waals surface area (Å²) >= 11 is 0. The minimum atomic E-state index is 0.338. The first kappa shape index (κ1) is 16.6. The molecule has 2 heteroatoms. The molecule has 0 unspecified atom stereocenters. The molecule has 0 saturated heterocycles. The van der Waals surface area contributed by atoms with E-state index in [-0.39, 0.29) is 0 Å². The molecule has 0 amide bonds. The highest BCUT2D eigenvalue weighted by Crippen LogP contribution is 2.28. The Kier molecular flexibility index (Phi) is 5.81. The molecule has 0 heterocycles. The normalized spacial score (nSPS) is 9.83. The van der Waals surface area contributed by atoms with E-state index in [1.165, 1.54) is 10.8 Å². The van der Waals surface area contributed by atoms with Crippen LogP contribution in [-0.4, -0.2) is 11.7 Å². The summed E-state index contributed by atoms with van der Waals surface area (Å²) in [4.78, 5) is 0. The van der Waals surface area contributed by atoms with E-state index in [1.54, 1.807) is 12.1 Å².